The van der Waals surface area contributed by atoms with Gasteiger partial charge in [0.05, 0.1) is 11.5 Å². The van der Waals surface area contributed by atoms with Gasteiger partial charge in [0, 0.05) is 24.2 Å². The van der Waals surface area contributed by atoms with Crippen LogP contribution in [0.15, 0.2) is 29.3 Å². The Kier molecular flexibility index (Phi) is 3.22. The molecule has 90 valence electrons. The van der Waals surface area contributed by atoms with Crippen LogP contribution >= 0.6 is 0 Å². The van der Waals surface area contributed by atoms with Gasteiger partial charge in [0.1, 0.15) is 0 Å². The molecular weight excluding hydrogens is 220 g/mol. The molecule has 1 unspecified atom stereocenters. The Balaban J connectivity index is 2.02. The highest BCUT2D eigenvalue weighted by Gasteiger charge is 2.15. The number of benzene rings is 1. The van der Waals surface area contributed by atoms with Gasteiger partial charge in [0.15, 0.2) is 5.96 Å². The quantitative estimate of drug-likeness (QED) is 0.604. The van der Waals surface area contributed by atoms with E-state index < -0.39 is 0 Å². The summed E-state index contributed by atoms with van der Waals surface area (Å²) in [4.78, 5) is 14.7. The molecule has 0 amide bonds. The van der Waals surface area contributed by atoms with E-state index in [1.54, 1.807) is 18.2 Å². The first-order chi connectivity index (χ1) is 8.16. The Morgan fingerprint density at radius 1 is 1.59 bits per heavy atom. The standard InChI is InChI=1S/C11H14N4O2/c1-8-6-12-11(14-8)13-7-9-4-2-3-5-10(9)15(16)17/h2-5,8H,6-7H2,1H3,(H2,12,13,14). The van der Waals surface area contributed by atoms with Gasteiger partial charge in [-0.3, -0.25) is 15.1 Å². The Hall–Kier alpha value is -2.11. The number of hydrogen-bond donors (Lipinski definition) is 2. The van der Waals surface area contributed by atoms with Gasteiger partial charge in [-0.25, -0.2) is 0 Å². The fourth-order valence-electron chi connectivity index (χ4n) is 1.68. The van der Waals surface area contributed by atoms with E-state index in [0.717, 1.165) is 6.54 Å². The summed E-state index contributed by atoms with van der Waals surface area (Å²) in [5.41, 5.74) is 0.785. The van der Waals surface area contributed by atoms with E-state index in [1.165, 1.54) is 6.07 Å². The van der Waals surface area contributed by atoms with E-state index in [1.807, 2.05) is 6.92 Å². The average Bonchev–Trinajstić information content (AvgIpc) is 2.73. The lowest BCUT2D eigenvalue weighted by atomic mass is 10.2. The summed E-state index contributed by atoms with van der Waals surface area (Å²) in [6.07, 6.45) is 0. The maximum absolute atomic E-state index is 10.8. The second-order valence-corrected chi connectivity index (χ2v) is 3.97. The van der Waals surface area contributed by atoms with Crippen molar-refractivity contribution in [1.29, 1.82) is 0 Å². The minimum absolute atomic E-state index is 0.131. The van der Waals surface area contributed by atoms with Crippen LogP contribution in [-0.2, 0) is 6.54 Å². The highest BCUT2D eigenvalue weighted by Crippen LogP contribution is 2.17. The molecule has 6 heteroatoms. The molecule has 0 bridgehead atoms. The molecule has 0 fully saturated rings. The third kappa shape index (κ3) is 2.72. The maximum atomic E-state index is 10.8. The summed E-state index contributed by atoms with van der Waals surface area (Å²) in [7, 11) is 0. The van der Waals surface area contributed by atoms with Crippen LogP contribution in [0, 0.1) is 10.1 Å². The summed E-state index contributed by atoms with van der Waals surface area (Å²) in [5.74, 6) is 0.704. The van der Waals surface area contributed by atoms with Gasteiger partial charge in [0.2, 0.25) is 0 Å². The first-order valence-corrected chi connectivity index (χ1v) is 5.44. The van der Waals surface area contributed by atoms with Crippen molar-refractivity contribution in [2.24, 2.45) is 4.99 Å². The second-order valence-electron chi connectivity index (χ2n) is 3.97. The topological polar surface area (TPSA) is 79.6 Å². The lowest BCUT2D eigenvalue weighted by molar-refractivity contribution is -0.385. The van der Waals surface area contributed by atoms with Crippen molar-refractivity contribution in [3.05, 3.63) is 39.9 Å². The van der Waals surface area contributed by atoms with Crippen molar-refractivity contribution in [1.82, 2.24) is 10.6 Å². The highest BCUT2D eigenvalue weighted by atomic mass is 16.6. The number of nitrogens with zero attached hydrogens (tertiary/aromatic N) is 2. The van der Waals surface area contributed by atoms with Crippen molar-refractivity contribution >= 4 is 11.6 Å². The van der Waals surface area contributed by atoms with Crippen LogP contribution in [0.4, 0.5) is 5.69 Å². The van der Waals surface area contributed by atoms with E-state index in [2.05, 4.69) is 15.6 Å². The monoisotopic (exact) mass is 234 g/mol. The lowest BCUT2D eigenvalue weighted by Crippen LogP contribution is -2.37. The van der Waals surface area contributed by atoms with Crippen LogP contribution in [0.5, 0.6) is 0 Å². The molecule has 2 rings (SSSR count). The fourth-order valence-corrected chi connectivity index (χ4v) is 1.68. The van der Waals surface area contributed by atoms with Gasteiger partial charge >= 0.3 is 0 Å². The van der Waals surface area contributed by atoms with Gasteiger partial charge in [-0.15, -0.1) is 0 Å². The molecule has 6 nitrogen and oxygen atoms in total. The minimum Gasteiger partial charge on any atom is -0.352 e. The number of aliphatic imine (C=N–C) groups is 1. The number of nitrogens with one attached hydrogen (secondary N) is 2. The SMILES string of the molecule is CC1CN=C(NCc2ccccc2[N+](=O)[O-])N1. The molecule has 1 heterocycles. The molecule has 0 aromatic heterocycles. The van der Waals surface area contributed by atoms with Crippen molar-refractivity contribution in [3.8, 4) is 0 Å². The average molecular weight is 234 g/mol. The predicted molar refractivity (Wildman–Crippen MR) is 64.8 cm³/mol. The summed E-state index contributed by atoms with van der Waals surface area (Å²) in [6.45, 7) is 3.16. The zero-order chi connectivity index (χ0) is 12.3. The minimum atomic E-state index is -0.372. The van der Waals surface area contributed by atoms with E-state index in [9.17, 15) is 10.1 Å². The smallest absolute Gasteiger partial charge is 0.274 e. The summed E-state index contributed by atoms with van der Waals surface area (Å²) in [6, 6.07) is 7.02. The second kappa shape index (κ2) is 4.82. The van der Waals surface area contributed by atoms with Crippen molar-refractivity contribution in [3.63, 3.8) is 0 Å². The number of para-hydroxylation sites is 1. The van der Waals surface area contributed by atoms with Crippen molar-refractivity contribution in [2.45, 2.75) is 19.5 Å². The lowest BCUT2D eigenvalue weighted by Gasteiger charge is -2.08. The first-order valence-electron chi connectivity index (χ1n) is 5.44. The molecule has 1 aromatic rings. The van der Waals surface area contributed by atoms with Gasteiger partial charge in [-0.05, 0) is 6.92 Å². The van der Waals surface area contributed by atoms with Crippen molar-refractivity contribution in [2.75, 3.05) is 6.54 Å². The van der Waals surface area contributed by atoms with Crippen LogP contribution < -0.4 is 10.6 Å². The summed E-state index contributed by atoms with van der Waals surface area (Å²) < 4.78 is 0. The van der Waals surface area contributed by atoms with Crippen LogP contribution in [0.25, 0.3) is 0 Å². The van der Waals surface area contributed by atoms with E-state index in [4.69, 9.17) is 0 Å². The molecular formula is C11H14N4O2. The zero-order valence-electron chi connectivity index (χ0n) is 9.51. The Bertz CT molecular complexity index is 459. The number of hydrogen-bond acceptors (Lipinski definition) is 5. The van der Waals surface area contributed by atoms with E-state index in [0.29, 0.717) is 24.1 Å². The Morgan fingerprint density at radius 3 is 3.00 bits per heavy atom. The van der Waals surface area contributed by atoms with E-state index in [-0.39, 0.29) is 10.6 Å². The third-order valence-corrected chi connectivity index (χ3v) is 2.54. The summed E-state index contributed by atoms with van der Waals surface area (Å²) >= 11 is 0. The molecule has 0 aliphatic carbocycles. The molecule has 1 aliphatic rings. The van der Waals surface area contributed by atoms with Gasteiger partial charge in [-0.2, -0.15) is 0 Å². The molecule has 0 radical (unpaired) electrons. The fraction of sp³-hybridized carbons (Fsp3) is 0.364. The summed E-state index contributed by atoms with van der Waals surface area (Å²) in [5, 5.41) is 17.0. The van der Waals surface area contributed by atoms with Crippen LogP contribution in [0.3, 0.4) is 0 Å². The van der Waals surface area contributed by atoms with Crippen LogP contribution in [0.2, 0.25) is 0 Å². The van der Waals surface area contributed by atoms with E-state index >= 15 is 0 Å². The number of guanidine groups is 1. The number of nitro benzene ring substituents is 1. The third-order valence-electron chi connectivity index (χ3n) is 2.54. The van der Waals surface area contributed by atoms with Crippen LogP contribution in [0.1, 0.15) is 12.5 Å². The Labute approximate surface area is 98.9 Å². The Morgan fingerprint density at radius 2 is 2.35 bits per heavy atom. The molecule has 0 saturated heterocycles. The van der Waals surface area contributed by atoms with Crippen LogP contribution in [-0.4, -0.2) is 23.5 Å². The number of rotatable bonds is 3. The largest absolute Gasteiger partial charge is 0.352 e. The molecule has 0 spiro atoms. The first kappa shape index (κ1) is 11.4. The molecule has 1 aromatic carbocycles. The molecule has 2 N–H and O–H groups in total. The maximum Gasteiger partial charge on any atom is 0.274 e. The zero-order valence-corrected chi connectivity index (χ0v) is 9.51. The normalized spacial score (nSPS) is 18.4. The highest BCUT2D eigenvalue weighted by molar-refractivity contribution is 5.81. The molecule has 0 saturated carbocycles. The predicted octanol–water partition coefficient (Wildman–Crippen LogP) is 1.03. The van der Waals surface area contributed by atoms with Gasteiger partial charge < -0.3 is 10.6 Å². The van der Waals surface area contributed by atoms with Gasteiger partial charge in [-0.1, -0.05) is 18.2 Å². The van der Waals surface area contributed by atoms with Crippen molar-refractivity contribution < 1.29 is 4.92 Å². The van der Waals surface area contributed by atoms with Gasteiger partial charge in [0.25, 0.3) is 5.69 Å². The molecule has 1 atom stereocenters. The number of nitro groups is 1. The molecule has 1 aliphatic heterocycles. The molecule has 17 heavy (non-hydrogen) atoms.